The third-order valence-corrected chi connectivity index (χ3v) is 4.65. The van der Waals surface area contributed by atoms with Gasteiger partial charge in [-0.3, -0.25) is 5.10 Å². The van der Waals surface area contributed by atoms with Gasteiger partial charge in [-0.2, -0.15) is 0 Å². The maximum atomic E-state index is 6.07. The minimum absolute atomic E-state index is 0.545. The minimum Gasteiger partial charge on any atom is -0.496 e. The molecular weight excluding hydrogens is 386 g/mol. The van der Waals surface area contributed by atoms with Crippen molar-refractivity contribution in [2.75, 3.05) is 26.1 Å². The molecule has 0 radical (unpaired) electrons. The van der Waals surface area contributed by atoms with Crippen LogP contribution in [-0.2, 0) is 0 Å². The Bertz CT molecular complexity index is 871. The molecule has 0 atom stereocenters. The molecule has 0 aliphatic carbocycles. The predicted molar refractivity (Wildman–Crippen MR) is 107 cm³/mol. The number of aromatic nitrogens is 3. The van der Waals surface area contributed by atoms with E-state index in [4.69, 9.17) is 25.8 Å². The van der Waals surface area contributed by atoms with E-state index in [9.17, 15) is 0 Å². The summed E-state index contributed by atoms with van der Waals surface area (Å²) in [5.74, 6) is 3.66. The Kier molecular flexibility index (Phi) is 6.84. The van der Waals surface area contributed by atoms with Crippen molar-refractivity contribution < 1.29 is 14.2 Å². The van der Waals surface area contributed by atoms with Crippen LogP contribution in [0.25, 0.3) is 11.4 Å². The molecule has 0 aliphatic heterocycles. The summed E-state index contributed by atoms with van der Waals surface area (Å²) < 4.78 is 16.5. The van der Waals surface area contributed by atoms with Gasteiger partial charge in [-0.25, -0.2) is 4.98 Å². The highest BCUT2D eigenvalue weighted by atomic mass is 35.5. The highest BCUT2D eigenvalue weighted by molar-refractivity contribution is 7.99. The molecule has 3 rings (SSSR count). The monoisotopic (exact) mass is 405 g/mol. The first-order valence-electron chi connectivity index (χ1n) is 8.44. The van der Waals surface area contributed by atoms with E-state index in [1.807, 2.05) is 31.2 Å². The Balaban J connectivity index is 1.52. The van der Waals surface area contributed by atoms with Crippen molar-refractivity contribution in [3.05, 3.63) is 47.5 Å². The van der Waals surface area contributed by atoms with Gasteiger partial charge in [0.25, 0.3) is 0 Å². The van der Waals surface area contributed by atoms with E-state index in [0.29, 0.717) is 35.0 Å². The third kappa shape index (κ3) is 5.30. The number of ether oxygens (including phenoxy) is 3. The van der Waals surface area contributed by atoms with Crippen LogP contribution in [0.3, 0.4) is 0 Å². The van der Waals surface area contributed by atoms with Crippen molar-refractivity contribution in [3.8, 4) is 28.6 Å². The smallest absolute Gasteiger partial charge is 0.208 e. The molecule has 0 fully saturated rings. The van der Waals surface area contributed by atoms with E-state index in [1.165, 1.54) is 11.8 Å². The van der Waals surface area contributed by atoms with Crippen molar-refractivity contribution in [2.24, 2.45) is 0 Å². The second-order valence-electron chi connectivity index (χ2n) is 5.41. The number of benzene rings is 2. The van der Waals surface area contributed by atoms with E-state index in [0.717, 1.165) is 22.8 Å². The molecule has 1 aromatic heterocycles. The number of nitrogens with one attached hydrogen (secondary N) is 1. The summed E-state index contributed by atoms with van der Waals surface area (Å²) in [6.07, 6.45) is 0. The molecule has 1 heterocycles. The van der Waals surface area contributed by atoms with Gasteiger partial charge in [0, 0.05) is 10.8 Å². The number of methoxy groups -OCH3 is 1. The van der Waals surface area contributed by atoms with Gasteiger partial charge in [0.05, 0.1) is 25.9 Å². The minimum atomic E-state index is 0.545. The van der Waals surface area contributed by atoms with Crippen LogP contribution in [0.15, 0.2) is 47.6 Å². The van der Waals surface area contributed by atoms with Crippen LogP contribution >= 0.6 is 23.4 Å². The lowest BCUT2D eigenvalue weighted by molar-refractivity contribution is 0.332. The molecular formula is C19H20ClN3O3S. The summed E-state index contributed by atoms with van der Waals surface area (Å²) in [6, 6.07) is 13.0. The molecule has 2 aromatic carbocycles. The largest absolute Gasteiger partial charge is 0.496 e. The highest BCUT2D eigenvalue weighted by Crippen LogP contribution is 2.31. The van der Waals surface area contributed by atoms with Gasteiger partial charge in [-0.05, 0) is 49.4 Å². The zero-order chi connectivity index (χ0) is 19.1. The van der Waals surface area contributed by atoms with Gasteiger partial charge in [0.15, 0.2) is 5.82 Å². The van der Waals surface area contributed by atoms with E-state index in [-0.39, 0.29) is 0 Å². The standard InChI is InChI=1S/C19H20ClN3O3S/c1-3-25-14-5-7-15(8-6-14)26-10-11-27-19-21-18(22-23-19)16-12-13(20)4-9-17(16)24-2/h4-9,12H,3,10-11H2,1-2H3,(H,21,22,23). The van der Waals surface area contributed by atoms with Gasteiger partial charge in [-0.15, -0.1) is 5.10 Å². The van der Waals surface area contributed by atoms with Gasteiger partial charge < -0.3 is 14.2 Å². The molecule has 0 spiro atoms. The summed E-state index contributed by atoms with van der Waals surface area (Å²) in [4.78, 5) is 4.49. The van der Waals surface area contributed by atoms with Crippen molar-refractivity contribution >= 4 is 23.4 Å². The van der Waals surface area contributed by atoms with Crippen LogP contribution in [0, 0.1) is 0 Å². The van der Waals surface area contributed by atoms with Crippen molar-refractivity contribution in [3.63, 3.8) is 0 Å². The first-order valence-corrected chi connectivity index (χ1v) is 9.80. The number of aromatic amines is 1. The molecule has 6 nitrogen and oxygen atoms in total. The number of hydrogen-bond donors (Lipinski definition) is 1. The second kappa shape index (κ2) is 9.53. The molecule has 0 saturated heterocycles. The van der Waals surface area contributed by atoms with Gasteiger partial charge >= 0.3 is 0 Å². The molecule has 3 aromatic rings. The molecule has 0 aliphatic rings. The molecule has 0 unspecified atom stereocenters. The predicted octanol–water partition coefficient (Wildman–Crippen LogP) is 4.70. The summed E-state index contributed by atoms with van der Waals surface area (Å²) >= 11 is 7.58. The molecule has 1 N–H and O–H groups in total. The SMILES string of the molecule is CCOc1ccc(OCCSc2n[nH]c(-c3cc(Cl)ccc3OC)n2)cc1. The summed E-state index contributed by atoms with van der Waals surface area (Å²) in [5, 5.41) is 8.41. The van der Waals surface area contributed by atoms with Crippen molar-refractivity contribution in [1.82, 2.24) is 15.2 Å². The van der Waals surface area contributed by atoms with Crippen LogP contribution in [0.5, 0.6) is 17.2 Å². The fraction of sp³-hybridized carbons (Fsp3) is 0.263. The zero-order valence-electron chi connectivity index (χ0n) is 15.1. The lowest BCUT2D eigenvalue weighted by Crippen LogP contribution is -2.00. The Morgan fingerprint density at radius 3 is 2.52 bits per heavy atom. The van der Waals surface area contributed by atoms with Crippen LogP contribution in [-0.4, -0.2) is 41.3 Å². The van der Waals surface area contributed by atoms with Crippen LogP contribution in [0.2, 0.25) is 5.02 Å². The first-order chi connectivity index (χ1) is 13.2. The van der Waals surface area contributed by atoms with E-state index >= 15 is 0 Å². The molecule has 142 valence electrons. The normalized spacial score (nSPS) is 10.6. The summed E-state index contributed by atoms with van der Waals surface area (Å²) in [5.41, 5.74) is 0.773. The van der Waals surface area contributed by atoms with Crippen LogP contribution in [0.1, 0.15) is 6.92 Å². The fourth-order valence-corrected chi connectivity index (χ4v) is 3.18. The molecule has 8 heteroatoms. The Labute approximate surface area is 167 Å². The zero-order valence-corrected chi connectivity index (χ0v) is 16.6. The van der Waals surface area contributed by atoms with Crippen molar-refractivity contribution in [2.45, 2.75) is 12.1 Å². The Morgan fingerprint density at radius 2 is 1.81 bits per heavy atom. The van der Waals surface area contributed by atoms with Gasteiger partial charge in [-0.1, -0.05) is 23.4 Å². The van der Waals surface area contributed by atoms with E-state index in [1.54, 1.807) is 25.3 Å². The molecule has 0 bridgehead atoms. The molecule has 0 amide bonds. The van der Waals surface area contributed by atoms with Crippen LogP contribution in [0.4, 0.5) is 0 Å². The second-order valence-corrected chi connectivity index (χ2v) is 6.91. The summed E-state index contributed by atoms with van der Waals surface area (Å²) in [6.45, 7) is 3.15. The third-order valence-electron chi connectivity index (χ3n) is 3.60. The average molecular weight is 406 g/mol. The quantitative estimate of drug-likeness (QED) is 0.411. The average Bonchev–Trinajstić information content (AvgIpc) is 3.15. The number of H-pyrrole nitrogens is 1. The summed E-state index contributed by atoms with van der Waals surface area (Å²) in [7, 11) is 1.61. The highest BCUT2D eigenvalue weighted by Gasteiger charge is 2.12. The first kappa shape index (κ1) is 19.4. The van der Waals surface area contributed by atoms with Crippen molar-refractivity contribution in [1.29, 1.82) is 0 Å². The number of thioether (sulfide) groups is 1. The number of halogens is 1. The lowest BCUT2D eigenvalue weighted by atomic mass is 10.2. The van der Waals surface area contributed by atoms with Gasteiger partial charge in [0.1, 0.15) is 17.2 Å². The molecule has 0 saturated carbocycles. The van der Waals surface area contributed by atoms with E-state index in [2.05, 4.69) is 15.2 Å². The lowest BCUT2D eigenvalue weighted by Gasteiger charge is -2.07. The maximum Gasteiger partial charge on any atom is 0.208 e. The fourth-order valence-electron chi connectivity index (χ4n) is 2.39. The van der Waals surface area contributed by atoms with Crippen LogP contribution < -0.4 is 14.2 Å². The number of rotatable bonds is 9. The van der Waals surface area contributed by atoms with Gasteiger partial charge in [0.2, 0.25) is 5.16 Å². The number of nitrogens with zero attached hydrogens (tertiary/aromatic N) is 2. The number of hydrogen-bond acceptors (Lipinski definition) is 6. The molecule has 27 heavy (non-hydrogen) atoms. The Morgan fingerprint density at radius 1 is 1.07 bits per heavy atom. The maximum absolute atomic E-state index is 6.07. The van der Waals surface area contributed by atoms with E-state index < -0.39 is 0 Å². The Hall–Kier alpha value is -2.38. The topological polar surface area (TPSA) is 69.3 Å².